The van der Waals surface area contributed by atoms with Crippen LogP contribution in [-0.2, 0) is 9.53 Å². The van der Waals surface area contributed by atoms with Gasteiger partial charge in [-0.15, -0.1) is 0 Å². The number of amides is 1. The van der Waals surface area contributed by atoms with Gasteiger partial charge in [0.05, 0.1) is 0 Å². The molecule has 3 unspecified atom stereocenters. The van der Waals surface area contributed by atoms with Gasteiger partial charge >= 0.3 is 0 Å². The topological polar surface area (TPSA) is 58.8 Å². The Kier molecular flexibility index (Phi) is 5.81. The van der Waals surface area contributed by atoms with E-state index in [-0.39, 0.29) is 12.0 Å². The van der Waals surface area contributed by atoms with Crippen molar-refractivity contribution in [2.75, 3.05) is 45.9 Å². The molecule has 0 spiro atoms. The maximum Gasteiger partial charge on any atom is 0.252 e. The maximum atomic E-state index is 12.5. The summed E-state index contributed by atoms with van der Waals surface area (Å²) in [7, 11) is 0. The van der Waals surface area contributed by atoms with E-state index < -0.39 is 0 Å². The molecular weight excluding hydrogens is 254 g/mol. The van der Waals surface area contributed by atoms with E-state index in [2.05, 4.69) is 18.7 Å². The molecule has 0 aromatic rings. The second-order valence-corrected chi connectivity index (χ2v) is 6.38. The number of ether oxygens (including phenoxy) is 1. The van der Waals surface area contributed by atoms with Crippen LogP contribution in [0, 0.1) is 11.8 Å². The summed E-state index contributed by atoms with van der Waals surface area (Å²) in [4.78, 5) is 16.9. The first-order chi connectivity index (χ1) is 9.61. The van der Waals surface area contributed by atoms with Gasteiger partial charge in [0.15, 0.2) is 0 Å². The fourth-order valence-electron chi connectivity index (χ4n) is 3.08. The molecule has 2 fully saturated rings. The SMILES string of the molecule is CC(CN)CN1CCCN(C(=O)C2OCCC2C)CC1. The van der Waals surface area contributed by atoms with E-state index in [4.69, 9.17) is 10.5 Å². The minimum absolute atomic E-state index is 0.198. The number of rotatable bonds is 4. The highest BCUT2D eigenvalue weighted by molar-refractivity contribution is 5.81. The van der Waals surface area contributed by atoms with Gasteiger partial charge < -0.3 is 20.3 Å². The highest BCUT2D eigenvalue weighted by atomic mass is 16.5. The first-order valence-electron chi connectivity index (χ1n) is 7.94. The predicted octanol–water partition coefficient (Wildman–Crippen LogP) is 0.541. The van der Waals surface area contributed by atoms with Crippen molar-refractivity contribution in [3.63, 3.8) is 0 Å². The molecule has 2 aliphatic heterocycles. The Hall–Kier alpha value is -0.650. The van der Waals surface area contributed by atoms with Gasteiger partial charge in [0.1, 0.15) is 6.10 Å². The second-order valence-electron chi connectivity index (χ2n) is 6.38. The zero-order chi connectivity index (χ0) is 14.5. The van der Waals surface area contributed by atoms with Crippen LogP contribution in [0.1, 0.15) is 26.7 Å². The van der Waals surface area contributed by atoms with E-state index in [9.17, 15) is 4.79 Å². The van der Waals surface area contributed by atoms with E-state index in [0.29, 0.717) is 11.8 Å². The molecule has 2 heterocycles. The molecule has 20 heavy (non-hydrogen) atoms. The van der Waals surface area contributed by atoms with Crippen molar-refractivity contribution in [1.82, 2.24) is 9.80 Å². The number of carbonyl (C=O) groups is 1. The van der Waals surface area contributed by atoms with Gasteiger partial charge in [-0.05, 0) is 37.8 Å². The zero-order valence-corrected chi connectivity index (χ0v) is 12.9. The monoisotopic (exact) mass is 283 g/mol. The molecule has 0 bridgehead atoms. The first kappa shape index (κ1) is 15.7. The Balaban J connectivity index is 1.84. The average Bonchev–Trinajstić information content (AvgIpc) is 2.73. The molecule has 3 atom stereocenters. The summed E-state index contributed by atoms with van der Waals surface area (Å²) in [6.07, 6.45) is 1.85. The molecule has 2 aliphatic rings. The van der Waals surface area contributed by atoms with Crippen molar-refractivity contribution in [3.8, 4) is 0 Å². The summed E-state index contributed by atoms with van der Waals surface area (Å²) in [5, 5.41) is 0. The lowest BCUT2D eigenvalue weighted by Crippen LogP contribution is -2.43. The number of nitrogens with two attached hydrogens (primary N) is 1. The average molecular weight is 283 g/mol. The van der Waals surface area contributed by atoms with E-state index >= 15 is 0 Å². The maximum absolute atomic E-state index is 12.5. The van der Waals surface area contributed by atoms with E-state index in [1.807, 2.05) is 4.90 Å². The third kappa shape index (κ3) is 3.93. The lowest BCUT2D eigenvalue weighted by molar-refractivity contribution is -0.142. The van der Waals surface area contributed by atoms with Crippen LogP contribution in [0.3, 0.4) is 0 Å². The van der Waals surface area contributed by atoms with Crippen molar-refractivity contribution in [3.05, 3.63) is 0 Å². The lowest BCUT2D eigenvalue weighted by Gasteiger charge is -2.26. The fourth-order valence-corrected chi connectivity index (χ4v) is 3.08. The number of hydrogen-bond acceptors (Lipinski definition) is 4. The van der Waals surface area contributed by atoms with Crippen LogP contribution in [0.15, 0.2) is 0 Å². The van der Waals surface area contributed by atoms with Crippen LogP contribution >= 0.6 is 0 Å². The second kappa shape index (κ2) is 7.38. The van der Waals surface area contributed by atoms with Gasteiger partial charge in [-0.2, -0.15) is 0 Å². The standard InChI is InChI=1S/C15H29N3O2/c1-12(10-16)11-17-5-3-6-18(8-7-17)15(19)14-13(2)4-9-20-14/h12-14H,3-11,16H2,1-2H3. The summed E-state index contributed by atoms with van der Waals surface area (Å²) < 4.78 is 5.61. The Morgan fingerprint density at radius 1 is 1.35 bits per heavy atom. The van der Waals surface area contributed by atoms with Gasteiger partial charge in [0.2, 0.25) is 0 Å². The van der Waals surface area contributed by atoms with Crippen LogP contribution in [0.25, 0.3) is 0 Å². The van der Waals surface area contributed by atoms with Gasteiger partial charge in [-0.25, -0.2) is 0 Å². The predicted molar refractivity (Wildman–Crippen MR) is 79.4 cm³/mol. The first-order valence-corrected chi connectivity index (χ1v) is 7.94. The molecule has 2 saturated heterocycles. The van der Waals surface area contributed by atoms with Crippen molar-refractivity contribution in [2.45, 2.75) is 32.8 Å². The van der Waals surface area contributed by atoms with Gasteiger partial charge in [0.25, 0.3) is 5.91 Å². The number of hydrogen-bond donors (Lipinski definition) is 1. The molecular formula is C15H29N3O2. The van der Waals surface area contributed by atoms with E-state index in [1.165, 1.54) is 0 Å². The normalized spacial score (nSPS) is 30.2. The fraction of sp³-hybridized carbons (Fsp3) is 0.933. The summed E-state index contributed by atoms with van der Waals surface area (Å²) in [6.45, 7) is 10.5. The van der Waals surface area contributed by atoms with Crippen LogP contribution in [0.2, 0.25) is 0 Å². The Morgan fingerprint density at radius 3 is 2.80 bits per heavy atom. The molecule has 0 saturated carbocycles. The van der Waals surface area contributed by atoms with Crippen molar-refractivity contribution < 1.29 is 9.53 Å². The Bertz CT molecular complexity index is 324. The minimum atomic E-state index is -0.204. The van der Waals surface area contributed by atoms with Gasteiger partial charge in [-0.3, -0.25) is 4.79 Å². The molecule has 0 aromatic heterocycles. The smallest absolute Gasteiger partial charge is 0.252 e. The molecule has 5 heteroatoms. The van der Waals surface area contributed by atoms with Crippen LogP contribution < -0.4 is 5.73 Å². The highest BCUT2D eigenvalue weighted by Gasteiger charge is 2.34. The van der Waals surface area contributed by atoms with E-state index in [1.54, 1.807) is 0 Å². The molecule has 0 aliphatic carbocycles. The molecule has 116 valence electrons. The largest absolute Gasteiger partial charge is 0.368 e. The summed E-state index contributed by atoms with van der Waals surface area (Å²) >= 11 is 0. The highest BCUT2D eigenvalue weighted by Crippen LogP contribution is 2.22. The van der Waals surface area contributed by atoms with Crippen molar-refractivity contribution in [1.29, 1.82) is 0 Å². The third-order valence-corrected chi connectivity index (χ3v) is 4.50. The number of nitrogens with zero attached hydrogens (tertiary/aromatic N) is 2. The van der Waals surface area contributed by atoms with Crippen LogP contribution in [0.5, 0.6) is 0 Å². The molecule has 2 rings (SSSR count). The summed E-state index contributed by atoms with van der Waals surface area (Å²) in [5.41, 5.74) is 5.69. The molecule has 0 aromatic carbocycles. The van der Waals surface area contributed by atoms with Crippen LogP contribution in [0.4, 0.5) is 0 Å². The number of carbonyl (C=O) groups excluding carboxylic acids is 1. The molecule has 5 nitrogen and oxygen atoms in total. The van der Waals surface area contributed by atoms with Gasteiger partial charge in [0, 0.05) is 32.8 Å². The Morgan fingerprint density at radius 2 is 2.15 bits per heavy atom. The van der Waals surface area contributed by atoms with Crippen molar-refractivity contribution in [2.24, 2.45) is 17.6 Å². The van der Waals surface area contributed by atoms with Crippen LogP contribution in [-0.4, -0.2) is 67.7 Å². The summed E-state index contributed by atoms with van der Waals surface area (Å²) in [5.74, 6) is 1.08. The minimum Gasteiger partial charge on any atom is -0.368 e. The molecule has 2 N–H and O–H groups in total. The molecule has 0 radical (unpaired) electrons. The van der Waals surface area contributed by atoms with E-state index in [0.717, 1.165) is 58.7 Å². The molecule has 1 amide bonds. The van der Waals surface area contributed by atoms with Crippen molar-refractivity contribution >= 4 is 5.91 Å². The Labute approximate surface area is 122 Å². The van der Waals surface area contributed by atoms with Gasteiger partial charge in [-0.1, -0.05) is 13.8 Å². The quantitative estimate of drug-likeness (QED) is 0.818. The third-order valence-electron chi connectivity index (χ3n) is 4.50. The zero-order valence-electron chi connectivity index (χ0n) is 12.9. The summed E-state index contributed by atoms with van der Waals surface area (Å²) in [6, 6.07) is 0. The lowest BCUT2D eigenvalue weighted by atomic mass is 10.0.